The van der Waals surface area contributed by atoms with Gasteiger partial charge in [-0.15, -0.1) is 0 Å². The second kappa shape index (κ2) is 13.1. The highest BCUT2D eigenvalue weighted by Crippen LogP contribution is 2.27. The van der Waals surface area contributed by atoms with Crippen LogP contribution in [0.5, 0.6) is 5.75 Å². The molecule has 5 N–H and O–H groups in total. The Bertz CT molecular complexity index is 1220. The maximum Gasteiger partial charge on any atom is 0.534 e. The van der Waals surface area contributed by atoms with Gasteiger partial charge in [0.1, 0.15) is 11.4 Å². The number of carbonyl (C=O) groups excluding carboxylic acids is 2. The highest BCUT2D eigenvalue weighted by Gasteiger charge is 2.48. The maximum absolute atomic E-state index is 12.6. The molecule has 0 fully saturated rings. The number of ether oxygens (including phenoxy) is 1. The zero-order chi connectivity index (χ0) is 29.4. The molecule has 0 aliphatic heterocycles. The predicted octanol–water partition coefficient (Wildman–Crippen LogP) is 2.40. The van der Waals surface area contributed by atoms with E-state index in [1.54, 1.807) is 32.9 Å². The Labute approximate surface area is 224 Å². The summed E-state index contributed by atoms with van der Waals surface area (Å²) in [5.74, 6) is -1.44. The first-order valence-electron chi connectivity index (χ1n) is 11.8. The zero-order valence-corrected chi connectivity index (χ0v) is 22.4. The number of hydrogen-bond acceptors (Lipinski definition) is 8. The maximum atomic E-state index is 12.6. The second-order valence-corrected chi connectivity index (χ2v) is 11.2. The molecule has 14 heteroatoms. The first kappa shape index (κ1) is 31.9. The Morgan fingerprint density at radius 3 is 2.18 bits per heavy atom. The summed E-state index contributed by atoms with van der Waals surface area (Å²) in [4.78, 5) is 24.4. The van der Waals surface area contributed by atoms with Crippen molar-refractivity contribution in [3.8, 4) is 5.75 Å². The number of primary amides is 1. The number of nitrogens with two attached hydrogens (primary N) is 1. The molecule has 2 aromatic carbocycles. The summed E-state index contributed by atoms with van der Waals surface area (Å²) in [5.41, 5.74) is 0.133. The summed E-state index contributed by atoms with van der Waals surface area (Å²) in [7, 11) is -5.88. The van der Waals surface area contributed by atoms with Crippen LogP contribution in [0.3, 0.4) is 0 Å². The molecule has 216 valence electrons. The molecule has 0 heterocycles. The third-order valence-corrected chi connectivity index (χ3v) is 6.19. The van der Waals surface area contributed by atoms with Crippen LogP contribution < -0.4 is 20.6 Å². The lowest BCUT2D eigenvalue weighted by atomic mass is 10.00. The first-order valence-corrected chi connectivity index (χ1v) is 13.2. The summed E-state index contributed by atoms with van der Waals surface area (Å²) < 4.78 is 69.9. The molecule has 0 unspecified atom stereocenters. The van der Waals surface area contributed by atoms with Gasteiger partial charge >= 0.3 is 21.7 Å². The number of aliphatic hydroxyl groups excluding tert-OH is 1. The van der Waals surface area contributed by atoms with E-state index in [1.165, 1.54) is 12.1 Å². The molecule has 0 saturated carbocycles. The van der Waals surface area contributed by atoms with Crippen molar-refractivity contribution in [1.29, 1.82) is 0 Å². The summed E-state index contributed by atoms with van der Waals surface area (Å²) in [6.45, 7) is 4.85. The number of alkyl halides is 3. The van der Waals surface area contributed by atoms with Gasteiger partial charge in [0.15, 0.2) is 0 Å². The van der Waals surface area contributed by atoms with Crippen molar-refractivity contribution in [1.82, 2.24) is 10.6 Å². The Kier molecular flexibility index (Phi) is 10.7. The van der Waals surface area contributed by atoms with Gasteiger partial charge in [-0.25, -0.2) is 4.79 Å². The van der Waals surface area contributed by atoms with Crippen LogP contribution in [0.1, 0.15) is 31.9 Å². The Balaban J connectivity index is 2.12. The summed E-state index contributed by atoms with van der Waals surface area (Å²) in [6.07, 6.45) is -1.89. The number of nitrogens with one attached hydrogen (secondary N) is 2. The predicted molar refractivity (Wildman–Crippen MR) is 136 cm³/mol. The molecule has 2 amide bonds. The number of benzene rings is 2. The van der Waals surface area contributed by atoms with Gasteiger partial charge < -0.3 is 30.4 Å². The van der Waals surface area contributed by atoms with Crippen molar-refractivity contribution in [2.45, 2.75) is 62.9 Å². The molecule has 0 saturated heterocycles. The molecule has 0 spiro atoms. The van der Waals surface area contributed by atoms with Gasteiger partial charge in [0.25, 0.3) is 0 Å². The van der Waals surface area contributed by atoms with Gasteiger partial charge in [-0.1, -0.05) is 42.5 Å². The fraction of sp³-hybridized carbons (Fsp3) is 0.440. The Morgan fingerprint density at radius 1 is 1.00 bits per heavy atom. The second-order valence-electron chi connectivity index (χ2n) is 9.71. The van der Waals surface area contributed by atoms with Gasteiger partial charge in [0, 0.05) is 6.54 Å². The van der Waals surface area contributed by atoms with Crippen LogP contribution in [0.15, 0.2) is 54.6 Å². The van der Waals surface area contributed by atoms with E-state index in [1.807, 2.05) is 18.2 Å². The third kappa shape index (κ3) is 10.7. The van der Waals surface area contributed by atoms with Crippen LogP contribution in [0, 0.1) is 0 Å². The van der Waals surface area contributed by atoms with Crippen molar-refractivity contribution in [2.75, 3.05) is 6.54 Å². The molecule has 10 nitrogen and oxygen atoms in total. The number of aliphatic hydroxyl groups is 1. The minimum atomic E-state index is -5.88. The lowest BCUT2D eigenvalue weighted by molar-refractivity contribution is -0.120. The highest BCUT2D eigenvalue weighted by atomic mass is 32.2. The van der Waals surface area contributed by atoms with Crippen LogP contribution in [-0.4, -0.2) is 61.4 Å². The molecular weight excluding hydrogens is 543 g/mol. The average molecular weight is 576 g/mol. The molecule has 0 radical (unpaired) electrons. The fourth-order valence-electron chi connectivity index (χ4n) is 3.42. The number of alkyl carbamates (subject to hydrolysis) is 1. The van der Waals surface area contributed by atoms with Crippen molar-refractivity contribution in [3.05, 3.63) is 65.7 Å². The summed E-state index contributed by atoms with van der Waals surface area (Å²) in [5, 5.41) is 16.3. The van der Waals surface area contributed by atoms with Gasteiger partial charge in [-0.3, -0.25) is 4.79 Å². The molecule has 0 aromatic heterocycles. The average Bonchev–Trinajstić information content (AvgIpc) is 2.79. The monoisotopic (exact) mass is 575 g/mol. The molecular formula is C25H32F3N3O7S. The number of hydrogen-bond donors (Lipinski definition) is 4. The molecule has 0 aliphatic rings. The molecule has 0 bridgehead atoms. The Morgan fingerprint density at radius 2 is 1.62 bits per heavy atom. The standard InChI is InChI=1S/C25H32F3N3O7S/c1-24(2,3)37-23(34)31-19(13-16-8-5-4-6-9-16)21(32)15-30-20(22(29)33)14-17-10-7-11-18(12-17)38-39(35,36)25(26,27)28/h4-12,19-21,30,32H,13-15H2,1-3H3,(H2,29,33)(H,31,34)/t19-,20-,21-/m0/s1. The first-order chi connectivity index (χ1) is 18.0. The zero-order valence-electron chi connectivity index (χ0n) is 21.6. The van der Waals surface area contributed by atoms with Crippen LogP contribution in [0.2, 0.25) is 0 Å². The third-order valence-electron chi connectivity index (χ3n) is 5.21. The van der Waals surface area contributed by atoms with E-state index in [2.05, 4.69) is 14.8 Å². The van der Waals surface area contributed by atoms with E-state index < -0.39 is 57.2 Å². The van der Waals surface area contributed by atoms with Crippen molar-refractivity contribution in [2.24, 2.45) is 5.73 Å². The molecule has 39 heavy (non-hydrogen) atoms. The largest absolute Gasteiger partial charge is 0.534 e. The van der Waals surface area contributed by atoms with Gasteiger partial charge in [-0.05, 0) is 56.9 Å². The van der Waals surface area contributed by atoms with Crippen molar-refractivity contribution in [3.63, 3.8) is 0 Å². The van der Waals surface area contributed by atoms with E-state index in [0.29, 0.717) is 0 Å². The molecule has 0 aliphatic carbocycles. The fourth-order valence-corrected chi connectivity index (χ4v) is 3.87. The van der Waals surface area contributed by atoms with Gasteiger partial charge in [0.2, 0.25) is 5.91 Å². The van der Waals surface area contributed by atoms with Crippen molar-refractivity contribution >= 4 is 22.1 Å². The van der Waals surface area contributed by atoms with E-state index in [-0.39, 0.29) is 24.9 Å². The topological polar surface area (TPSA) is 157 Å². The molecule has 3 atom stereocenters. The summed E-state index contributed by atoms with van der Waals surface area (Å²) in [6, 6.07) is 11.8. The SMILES string of the molecule is CC(C)(C)OC(=O)N[C@@H](Cc1ccccc1)[C@@H](O)CN[C@@H](Cc1cccc(OS(=O)(=O)C(F)(F)F)c1)C(N)=O. The highest BCUT2D eigenvalue weighted by molar-refractivity contribution is 7.88. The minimum Gasteiger partial charge on any atom is -0.444 e. The number of rotatable bonds is 12. The van der Waals surface area contributed by atoms with E-state index in [0.717, 1.165) is 17.7 Å². The van der Waals surface area contributed by atoms with Gasteiger partial charge in [0.05, 0.1) is 18.2 Å². The lowest BCUT2D eigenvalue weighted by Crippen LogP contribution is -2.53. The smallest absolute Gasteiger partial charge is 0.444 e. The number of halogens is 3. The minimum absolute atomic E-state index is 0.159. The van der Waals surface area contributed by atoms with Crippen LogP contribution >= 0.6 is 0 Å². The normalized spacial score (nSPS) is 14.6. The number of amides is 2. The van der Waals surface area contributed by atoms with E-state index >= 15 is 0 Å². The lowest BCUT2D eigenvalue weighted by Gasteiger charge is -2.28. The van der Waals surface area contributed by atoms with Crippen LogP contribution in [0.4, 0.5) is 18.0 Å². The van der Waals surface area contributed by atoms with Crippen LogP contribution in [0.25, 0.3) is 0 Å². The van der Waals surface area contributed by atoms with Gasteiger partial charge in [-0.2, -0.15) is 21.6 Å². The van der Waals surface area contributed by atoms with E-state index in [4.69, 9.17) is 10.5 Å². The Hall–Kier alpha value is -3.36. The summed E-state index contributed by atoms with van der Waals surface area (Å²) >= 11 is 0. The molecule has 2 aromatic rings. The number of carbonyl (C=O) groups is 2. The quantitative estimate of drug-likeness (QED) is 0.222. The molecule has 2 rings (SSSR count). The van der Waals surface area contributed by atoms with Crippen molar-refractivity contribution < 1.29 is 45.2 Å². The van der Waals surface area contributed by atoms with Crippen LogP contribution in [-0.2, 0) is 32.5 Å². The van der Waals surface area contributed by atoms with E-state index in [9.17, 15) is 36.3 Å².